The summed E-state index contributed by atoms with van der Waals surface area (Å²) >= 11 is 5.67. The zero-order chi connectivity index (χ0) is 16.2. The van der Waals surface area contributed by atoms with Gasteiger partial charge in [-0.15, -0.1) is 0 Å². The maximum absolute atomic E-state index is 12.2. The van der Waals surface area contributed by atoms with Crippen LogP contribution in [-0.4, -0.2) is 24.9 Å². The summed E-state index contributed by atoms with van der Waals surface area (Å²) in [6.45, 7) is 0.0825. The molecule has 0 aliphatic heterocycles. The number of benzene rings is 1. The SMILES string of the molecule is O=[N+]([O-])c1cc(Cl)ccc1S(=O)(=O)NCCc1ccccn1. The van der Waals surface area contributed by atoms with Crippen LogP contribution in [0.2, 0.25) is 5.02 Å². The van der Waals surface area contributed by atoms with Crippen LogP contribution in [0.3, 0.4) is 0 Å². The zero-order valence-electron chi connectivity index (χ0n) is 11.3. The molecule has 7 nitrogen and oxygen atoms in total. The lowest BCUT2D eigenvalue weighted by Crippen LogP contribution is -2.26. The minimum Gasteiger partial charge on any atom is -0.261 e. The molecule has 0 unspecified atom stereocenters. The predicted molar refractivity (Wildman–Crippen MR) is 81.2 cm³/mol. The van der Waals surface area contributed by atoms with Gasteiger partial charge in [0.2, 0.25) is 10.0 Å². The summed E-state index contributed by atoms with van der Waals surface area (Å²) in [7, 11) is -4.00. The molecule has 2 rings (SSSR count). The Kier molecular flexibility index (Phi) is 5.07. The fourth-order valence-corrected chi connectivity index (χ4v) is 3.15. The molecule has 0 aliphatic rings. The molecule has 2 aromatic rings. The van der Waals surface area contributed by atoms with E-state index in [-0.39, 0.29) is 11.6 Å². The summed E-state index contributed by atoms with van der Waals surface area (Å²) in [5, 5.41) is 11.1. The molecule has 0 bridgehead atoms. The van der Waals surface area contributed by atoms with E-state index in [1.807, 2.05) is 0 Å². The highest BCUT2D eigenvalue weighted by Crippen LogP contribution is 2.26. The van der Waals surface area contributed by atoms with Gasteiger partial charge in [-0.1, -0.05) is 17.7 Å². The van der Waals surface area contributed by atoms with Gasteiger partial charge >= 0.3 is 0 Å². The first-order valence-electron chi connectivity index (χ1n) is 6.23. The van der Waals surface area contributed by atoms with Crippen LogP contribution in [0.25, 0.3) is 0 Å². The fourth-order valence-electron chi connectivity index (χ4n) is 1.80. The minimum atomic E-state index is -4.00. The van der Waals surface area contributed by atoms with Crippen LogP contribution in [0.15, 0.2) is 47.5 Å². The van der Waals surface area contributed by atoms with Gasteiger partial charge in [-0.25, -0.2) is 13.1 Å². The molecule has 0 saturated carbocycles. The van der Waals surface area contributed by atoms with E-state index in [1.54, 1.807) is 24.4 Å². The van der Waals surface area contributed by atoms with Crippen molar-refractivity contribution in [3.63, 3.8) is 0 Å². The summed E-state index contributed by atoms with van der Waals surface area (Å²) in [5.41, 5.74) is 0.161. The van der Waals surface area contributed by atoms with Crippen molar-refractivity contribution in [2.24, 2.45) is 0 Å². The van der Waals surface area contributed by atoms with Crippen LogP contribution in [0.4, 0.5) is 5.69 Å². The molecular weight excluding hydrogens is 330 g/mol. The van der Waals surface area contributed by atoms with E-state index in [9.17, 15) is 18.5 Å². The van der Waals surface area contributed by atoms with Crippen molar-refractivity contribution in [3.05, 3.63) is 63.4 Å². The van der Waals surface area contributed by atoms with Gasteiger partial charge in [0.05, 0.1) is 4.92 Å². The predicted octanol–water partition coefficient (Wildman–Crippen LogP) is 2.16. The number of sulfonamides is 1. The van der Waals surface area contributed by atoms with Crippen LogP contribution >= 0.6 is 11.6 Å². The summed E-state index contributed by atoms with van der Waals surface area (Å²) in [4.78, 5) is 13.8. The molecule has 1 aromatic heterocycles. The average Bonchev–Trinajstić information content (AvgIpc) is 2.47. The Morgan fingerprint density at radius 1 is 1.27 bits per heavy atom. The molecule has 116 valence electrons. The number of halogens is 1. The standard InChI is InChI=1S/C13H12ClN3O4S/c14-10-4-5-13(12(9-10)17(18)19)22(20,21)16-8-6-11-3-1-2-7-15-11/h1-5,7,9,16H,6,8H2. The zero-order valence-corrected chi connectivity index (χ0v) is 12.8. The number of hydrogen-bond acceptors (Lipinski definition) is 5. The van der Waals surface area contributed by atoms with Gasteiger partial charge in [0.25, 0.3) is 5.69 Å². The van der Waals surface area contributed by atoms with Gasteiger partial charge in [0.15, 0.2) is 4.90 Å². The monoisotopic (exact) mass is 341 g/mol. The average molecular weight is 342 g/mol. The quantitative estimate of drug-likeness (QED) is 0.640. The molecule has 22 heavy (non-hydrogen) atoms. The normalized spacial score (nSPS) is 11.3. The number of nitrogens with one attached hydrogen (secondary N) is 1. The third-order valence-corrected chi connectivity index (χ3v) is 4.55. The summed E-state index contributed by atoms with van der Waals surface area (Å²) in [6, 6.07) is 8.73. The van der Waals surface area contributed by atoms with Crippen molar-refractivity contribution >= 4 is 27.3 Å². The highest BCUT2D eigenvalue weighted by molar-refractivity contribution is 7.89. The smallest absolute Gasteiger partial charge is 0.261 e. The van der Waals surface area contributed by atoms with Crippen LogP contribution in [0, 0.1) is 10.1 Å². The van der Waals surface area contributed by atoms with Crippen LogP contribution in [0.5, 0.6) is 0 Å². The molecule has 0 fully saturated rings. The molecule has 1 N–H and O–H groups in total. The maximum Gasteiger partial charge on any atom is 0.290 e. The van der Waals surface area contributed by atoms with E-state index >= 15 is 0 Å². The maximum atomic E-state index is 12.2. The summed E-state index contributed by atoms with van der Waals surface area (Å²) < 4.78 is 26.7. The van der Waals surface area contributed by atoms with Gasteiger partial charge in [-0.2, -0.15) is 0 Å². The van der Waals surface area contributed by atoms with E-state index < -0.39 is 25.5 Å². The molecule has 0 amide bonds. The van der Waals surface area contributed by atoms with Gasteiger partial charge in [-0.3, -0.25) is 15.1 Å². The topological polar surface area (TPSA) is 102 Å². The van der Waals surface area contributed by atoms with Crippen molar-refractivity contribution in [2.45, 2.75) is 11.3 Å². The Morgan fingerprint density at radius 2 is 2.05 bits per heavy atom. The number of pyridine rings is 1. The van der Waals surface area contributed by atoms with Crippen LogP contribution < -0.4 is 4.72 Å². The van der Waals surface area contributed by atoms with Crippen molar-refractivity contribution in [1.82, 2.24) is 9.71 Å². The molecule has 1 aromatic carbocycles. The Hall–Kier alpha value is -2.03. The number of aromatic nitrogens is 1. The number of nitrogens with zero attached hydrogens (tertiary/aromatic N) is 2. The molecule has 0 spiro atoms. The van der Waals surface area contributed by atoms with Gasteiger partial charge in [-0.05, 0) is 24.3 Å². The van der Waals surface area contributed by atoms with Gasteiger partial charge in [0.1, 0.15) is 0 Å². The fraction of sp³-hybridized carbons (Fsp3) is 0.154. The van der Waals surface area contributed by atoms with Gasteiger partial charge in [0, 0.05) is 35.9 Å². The number of nitro groups is 1. The number of nitro benzene ring substituents is 1. The first-order valence-corrected chi connectivity index (χ1v) is 8.10. The largest absolute Gasteiger partial charge is 0.290 e. The minimum absolute atomic E-state index is 0.0825. The highest BCUT2D eigenvalue weighted by Gasteiger charge is 2.25. The number of hydrogen-bond donors (Lipinski definition) is 1. The Bertz CT molecular complexity index is 781. The molecule has 0 aliphatic carbocycles. The third kappa shape index (κ3) is 4.00. The lowest BCUT2D eigenvalue weighted by atomic mass is 10.3. The molecule has 9 heteroatoms. The molecule has 0 atom stereocenters. The molecule has 0 radical (unpaired) electrons. The van der Waals surface area contributed by atoms with Crippen LogP contribution in [0.1, 0.15) is 5.69 Å². The summed E-state index contributed by atoms with van der Waals surface area (Å²) in [6.07, 6.45) is 1.98. The van der Waals surface area contributed by atoms with E-state index in [4.69, 9.17) is 11.6 Å². The number of rotatable bonds is 6. The second kappa shape index (κ2) is 6.82. The second-order valence-electron chi connectivity index (χ2n) is 4.34. The van der Waals surface area contributed by atoms with E-state index in [1.165, 1.54) is 6.07 Å². The van der Waals surface area contributed by atoms with Crippen molar-refractivity contribution < 1.29 is 13.3 Å². The Labute approximate surface area is 132 Å². The third-order valence-electron chi connectivity index (χ3n) is 2.81. The first-order chi connectivity index (χ1) is 10.4. The Balaban J connectivity index is 2.15. The van der Waals surface area contributed by atoms with E-state index in [0.29, 0.717) is 6.42 Å². The van der Waals surface area contributed by atoms with Crippen molar-refractivity contribution in [1.29, 1.82) is 0 Å². The van der Waals surface area contributed by atoms with Crippen molar-refractivity contribution in [2.75, 3.05) is 6.54 Å². The van der Waals surface area contributed by atoms with Crippen molar-refractivity contribution in [3.8, 4) is 0 Å². The molecule has 1 heterocycles. The molecule has 0 saturated heterocycles. The first kappa shape index (κ1) is 16.3. The van der Waals surface area contributed by atoms with Crippen LogP contribution in [-0.2, 0) is 16.4 Å². The van der Waals surface area contributed by atoms with E-state index in [2.05, 4.69) is 9.71 Å². The lowest BCUT2D eigenvalue weighted by molar-refractivity contribution is -0.387. The molecular formula is C13H12ClN3O4S. The summed E-state index contributed by atoms with van der Waals surface area (Å²) in [5.74, 6) is 0. The second-order valence-corrected chi connectivity index (χ2v) is 6.51. The van der Waals surface area contributed by atoms with Gasteiger partial charge < -0.3 is 0 Å². The lowest BCUT2D eigenvalue weighted by Gasteiger charge is -2.07. The Morgan fingerprint density at radius 3 is 2.68 bits per heavy atom. The van der Waals surface area contributed by atoms with E-state index in [0.717, 1.165) is 17.8 Å². The highest BCUT2D eigenvalue weighted by atomic mass is 35.5.